The van der Waals surface area contributed by atoms with Gasteiger partial charge in [-0.3, -0.25) is 9.48 Å². The maximum Gasteiger partial charge on any atom is 0.229 e. The Balaban J connectivity index is 1.95. The van der Waals surface area contributed by atoms with Crippen molar-refractivity contribution in [1.82, 2.24) is 9.78 Å². The van der Waals surface area contributed by atoms with E-state index in [0.717, 1.165) is 29.1 Å². The number of aromatic nitrogens is 2. The summed E-state index contributed by atoms with van der Waals surface area (Å²) in [5, 5.41) is 7.94. The number of nitrogens with one attached hydrogen (secondary N) is 1. The van der Waals surface area contributed by atoms with Crippen molar-refractivity contribution in [2.24, 2.45) is 7.05 Å². The normalized spacial score (nSPS) is 17.8. The maximum absolute atomic E-state index is 12.2. The molecule has 1 amide bonds. The van der Waals surface area contributed by atoms with E-state index in [4.69, 9.17) is 0 Å². The Morgan fingerprint density at radius 2 is 2.10 bits per heavy atom. The highest BCUT2D eigenvalue weighted by Crippen LogP contribution is 2.36. The summed E-state index contributed by atoms with van der Waals surface area (Å²) in [4.78, 5) is 13.9. The fourth-order valence-corrected chi connectivity index (χ4v) is 2.88. The third kappa shape index (κ3) is 2.39. The number of amides is 1. The van der Waals surface area contributed by atoms with Crippen molar-refractivity contribution in [3.63, 3.8) is 0 Å². The summed E-state index contributed by atoms with van der Waals surface area (Å²) in [7, 11) is 3.75. The van der Waals surface area contributed by atoms with Gasteiger partial charge in [-0.1, -0.05) is 25.1 Å². The van der Waals surface area contributed by atoms with Gasteiger partial charge in [-0.05, 0) is 18.1 Å². The van der Waals surface area contributed by atoms with E-state index in [1.54, 1.807) is 4.90 Å². The van der Waals surface area contributed by atoms with Crippen molar-refractivity contribution in [3.8, 4) is 0 Å². The number of hydrogen-bond donors (Lipinski definition) is 1. The van der Waals surface area contributed by atoms with Gasteiger partial charge < -0.3 is 10.2 Å². The summed E-state index contributed by atoms with van der Waals surface area (Å²) in [6.45, 7) is 2.08. The predicted octanol–water partition coefficient (Wildman–Crippen LogP) is 2.50. The number of benzene rings is 1. The molecule has 1 atom stereocenters. The zero-order valence-corrected chi connectivity index (χ0v) is 12.6. The van der Waals surface area contributed by atoms with E-state index < -0.39 is 0 Å². The number of carbonyl (C=O) groups is 1. The van der Waals surface area contributed by atoms with Crippen LogP contribution in [0.5, 0.6) is 0 Å². The van der Waals surface area contributed by atoms with Crippen LogP contribution in [0.15, 0.2) is 30.5 Å². The highest BCUT2D eigenvalue weighted by Gasteiger charge is 2.29. The van der Waals surface area contributed by atoms with Gasteiger partial charge >= 0.3 is 0 Å². The molecule has 0 saturated carbocycles. The Morgan fingerprint density at radius 1 is 1.33 bits per heavy atom. The molecule has 0 fully saturated rings. The molecule has 1 aliphatic heterocycles. The second kappa shape index (κ2) is 5.24. The van der Waals surface area contributed by atoms with Gasteiger partial charge in [0.1, 0.15) is 0 Å². The average Bonchev–Trinajstić information content (AvgIpc) is 2.84. The van der Waals surface area contributed by atoms with Gasteiger partial charge in [-0.25, -0.2) is 0 Å². The SMILES string of the molecule is CCc1nn(C)cc1NC1CC(=O)N(C)c2ccccc21. The lowest BCUT2D eigenvalue weighted by Gasteiger charge is -2.32. The van der Waals surface area contributed by atoms with Crippen LogP contribution in [-0.4, -0.2) is 22.7 Å². The number of carbonyl (C=O) groups excluding carboxylic acids is 1. The van der Waals surface area contributed by atoms with Crippen LogP contribution in [0, 0.1) is 0 Å². The molecule has 1 aromatic carbocycles. The summed E-state index contributed by atoms with van der Waals surface area (Å²) >= 11 is 0. The second-order valence-electron chi connectivity index (χ2n) is 5.43. The minimum absolute atomic E-state index is 0.000556. The number of nitrogens with zero attached hydrogens (tertiary/aromatic N) is 3. The number of anilines is 2. The number of hydrogen-bond acceptors (Lipinski definition) is 3. The van der Waals surface area contributed by atoms with Crippen LogP contribution in [0.25, 0.3) is 0 Å². The van der Waals surface area contributed by atoms with Gasteiger partial charge in [0.05, 0.1) is 23.8 Å². The number of rotatable bonds is 3. The van der Waals surface area contributed by atoms with Crippen LogP contribution in [0.4, 0.5) is 11.4 Å². The first-order valence-corrected chi connectivity index (χ1v) is 7.24. The van der Waals surface area contributed by atoms with Crippen molar-refractivity contribution in [2.45, 2.75) is 25.8 Å². The van der Waals surface area contributed by atoms with Crippen molar-refractivity contribution in [1.29, 1.82) is 0 Å². The van der Waals surface area contributed by atoms with E-state index in [2.05, 4.69) is 23.4 Å². The molecule has 2 aromatic rings. The molecule has 3 rings (SSSR count). The largest absolute Gasteiger partial charge is 0.375 e. The summed E-state index contributed by atoms with van der Waals surface area (Å²) in [5.74, 6) is 0.133. The molecule has 1 N–H and O–H groups in total. The number of fused-ring (bicyclic) bond motifs is 1. The molecule has 0 saturated heterocycles. The topological polar surface area (TPSA) is 50.2 Å². The van der Waals surface area contributed by atoms with Crippen molar-refractivity contribution in [2.75, 3.05) is 17.3 Å². The van der Waals surface area contributed by atoms with Crippen LogP contribution >= 0.6 is 0 Å². The molecule has 21 heavy (non-hydrogen) atoms. The van der Waals surface area contributed by atoms with Crippen molar-refractivity contribution < 1.29 is 4.79 Å². The Morgan fingerprint density at radius 3 is 2.86 bits per heavy atom. The third-order valence-corrected chi connectivity index (χ3v) is 4.00. The van der Waals surface area contributed by atoms with Crippen LogP contribution in [-0.2, 0) is 18.3 Å². The molecule has 5 nitrogen and oxygen atoms in total. The molecule has 0 spiro atoms. The van der Waals surface area contributed by atoms with Crippen LogP contribution in [0.2, 0.25) is 0 Å². The monoisotopic (exact) mass is 284 g/mol. The molecule has 0 radical (unpaired) electrons. The zero-order chi connectivity index (χ0) is 15.0. The van der Waals surface area contributed by atoms with Gasteiger partial charge in [0.15, 0.2) is 0 Å². The van der Waals surface area contributed by atoms with Crippen molar-refractivity contribution in [3.05, 3.63) is 41.7 Å². The van der Waals surface area contributed by atoms with E-state index in [1.165, 1.54) is 0 Å². The lowest BCUT2D eigenvalue weighted by Crippen LogP contribution is -2.35. The van der Waals surface area contributed by atoms with Crippen LogP contribution in [0.3, 0.4) is 0 Å². The Bertz CT molecular complexity index is 677. The van der Waals surface area contributed by atoms with E-state index >= 15 is 0 Å². The highest BCUT2D eigenvalue weighted by atomic mass is 16.2. The molecule has 1 aliphatic rings. The fourth-order valence-electron chi connectivity index (χ4n) is 2.88. The third-order valence-electron chi connectivity index (χ3n) is 4.00. The molecule has 2 heterocycles. The van der Waals surface area contributed by atoms with Crippen molar-refractivity contribution >= 4 is 17.3 Å². The van der Waals surface area contributed by atoms with Gasteiger partial charge in [-0.2, -0.15) is 5.10 Å². The molecule has 1 aromatic heterocycles. The lowest BCUT2D eigenvalue weighted by molar-refractivity contribution is -0.118. The number of para-hydroxylation sites is 1. The molecule has 5 heteroatoms. The number of aryl methyl sites for hydroxylation is 2. The fraction of sp³-hybridized carbons (Fsp3) is 0.375. The summed E-state index contributed by atoms with van der Waals surface area (Å²) in [6.07, 6.45) is 3.31. The van der Waals surface area contributed by atoms with Gasteiger partial charge in [-0.15, -0.1) is 0 Å². The molecule has 1 unspecified atom stereocenters. The second-order valence-corrected chi connectivity index (χ2v) is 5.43. The smallest absolute Gasteiger partial charge is 0.229 e. The van der Waals surface area contributed by atoms with Gasteiger partial charge in [0.2, 0.25) is 5.91 Å². The van der Waals surface area contributed by atoms with Crippen LogP contribution in [0.1, 0.15) is 30.6 Å². The Hall–Kier alpha value is -2.30. The first-order chi connectivity index (χ1) is 10.1. The lowest BCUT2D eigenvalue weighted by atomic mass is 9.96. The minimum atomic E-state index is -0.000556. The quantitative estimate of drug-likeness (QED) is 0.942. The van der Waals surface area contributed by atoms with E-state index in [9.17, 15) is 4.79 Å². The standard InChI is InChI=1S/C16H20N4O/c1-4-12-14(10-19(2)18-12)17-13-9-16(21)20(3)15-8-6-5-7-11(13)15/h5-8,10,13,17H,4,9H2,1-3H3. The average molecular weight is 284 g/mol. The minimum Gasteiger partial charge on any atom is -0.375 e. The zero-order valence-electron chi connectivity index (χ0n) is 12.6. The van der Waals surface area contributed by atoms with Gasteiger partial charge in [0.25, 0.3) is 0 Å². The molecular formula is C16H20N4O. The van der Waals surface area contributed by atoms with E-state index in [-0.39, 0.29) is 11.9 Å². The predicted molar refractivity (Wildman–Crippen MR) is 83.4 cm³/mol. The summed E-state index contributed by atoms with van der Waals surface area (Å²) < 4.78 is 1.81. The molecule has 0 aliphatic carbocycles. The first-order valence-electron chi connectivity index (χ1n) is 7.24. The Labute approximate surface area is 124 Å². The summed E-state index contributed by atoms with van der Waals surface area (Å²) in [6, 6.07) is 8.05. The molecular weight excluding hydrogens is 264 g/mol. The maximum atomic E-state index is 12.2. The summed E-state index contributed by atoms with van der Waals surface area (Å²) in [5.41, 5.74) is 4.18. The van der Waals surface area contributed by atoms with E-state index in [0.29, 0.717) is 6.42 Å². The Kier molecular flexibility index (Phi) is 3.41. The highest BCUT2D eigenvalue weighted by molar-refractivity contribution is 5.97. The molecule has 110 valence electrons. The van der Waals surface area contributed by atoms with Gasteiger partial charge in [0, 0.05) is 26.0 Å². The molecule has 0 bridgehead atoms. The van der Waals surface area contributed by atoms with E-state index in [1.807, 2.05) is 43.2 Å². The van der Waals surface area contributed by atoms with Crippen LogP contribution < -0.4 is 10.2 Å². The first kappa shape index (κ1) is 13.7.